The molecule has 2 aromatic carbocycles. The van der Waals surface area contributed by atoms with Crippen molar-refractivity contribution in [2.75, 3.05) is 11.9 Å². The van der Waals surface area contributed by atoms with Crippen LogP contribution in [0.1, 0.15) is 6.92 Å². The molecule has 1 unspecified atom stereocenters. The third kappa shape index (κ3) is 4.02. The van der Waals surface area contributed by atoms with Crippen molar-refractivity contribution in [3.8, 4) is 11.5 Å². The number of hydrogen-bond acceptors (Lipinski definition) is 3. The van der Waals surface area contributed by atoms with Crippen molar-refractivity contribution in [3.05, 3.63) is 54.6 Å². The monoisotopic (exact) mass is 271 g/mol. The molecule has 0 aliphatic heterocycles. The van der Waals surface area contributed by atoms with Gasteiger partial charge in [-0.15, -0.1) is 0 Å². The van der Waals surface area contributed by atoms with Crippen molar-refractivity contribution in [2.45, 2.75) is 6.92 Å². The van der Waals surface area contributed by atoms with Crippen LogP contribution in [0.25, 0.3) is 0 Å². The lowest BCUT2D eigenvalue weighted by molar-refractivity contribution is -0.140. The molecule has 0 amide bonds. The Hall–Kier alpha value is -2.49. The van der Waals surface area contributed by atoms with Crippen molar-refractivity contribution >= 4 is 11.7 Å². The van der Waals surface area contributed by atoms with Gasteiger partial charge in [0.15, 0.2) is 0 Å². The Kier molecular flexibility index (Phi) is 4.60. The molecule has 4 nitrogen and oxygen atoms in total. The third-order valence-corrected chi connectivity index (χ3v) is 2.87. The third-order valence-electron chi connectivity index (χ3n) is 2.87. The number of benzene rings is 2. The van der Waals surface area contributed by atoms with Crippen LogP contribution in [0, 0.1) is 5.92 Å². The van der Waals surface area contributed by atoms with Gasteiger partial charge in [0.05, 0.1) is 5.92 Å². The van der Waals surface area contributed by atoms with Gasteiger partial charge in [0.1, 0.15) is 11.5 Å². The zero-order valence-electron chi connectivity index (χ0n) is 11.2. The molecule has 2 aromatic rings. The SMILES string of the molecule is CC(CNc1ccc(Oc2ccccc2)cc1)C(=O)O. The lowest BCUT2D eigenvalue weighted by Gasteiger charge is -2.10. The Morgan fingerprint density at radius 2 is 1.70 bits per heavy atom. The second-order valence-electron chi connectivity index (χ2n) is 4.56. The maximum Gasteiger partial charge on any atom is 0.308 e. The molecule has 0 radical (unpaired) electrons. The van der Waals surface area contributed by atoms with Gasteiger partial charge in [-0.1, -0.05) is 25.1 Å². The first-order valence-corrected chi connectivity index (χ1v) is 6.45. The smallest absolute Gasteiger partial charge is 0.308 e. The summed E-state index contributed by atoms with van der Waals surface area (Å²) in [5.74, 6) is 0.303. The Morgan fingerprint density at radius 1 is 1.10 bits per heavy atom. The summed E-state index contributed by atoms with van der Waals surface area (Å²) >= 11 is 0. The van der Waals surface area contributed by atoms with Gasteiger partial charge in [-0.3, -0.25) is 4.79 Å². The van der Waals surface area contributed by atoms with E-state index in [1.54, 1.807) is 6.92 Å². The molecule has 0 saturated heterocycles. The molecule has 0 fully saturated rings. The van der Waals surface area contributed by atoms with Crippen molar-refractivity contribution in [1.82, 2.24) is 0 Å². The summed E-state index contributed by atoms with van der Waals surface area (Å²) in [5.41, 5.74) is 0.874. The van der Waals surface area contributed by atoms with Crippen molar-refractivity contribution in [2.24, 2.45) is 5.92 Å². The summed E-state index contributed by atoms with van der Waals surface area (Å²) in [5, 5.41) is 11.9. The quantitative estimate of drug-likeness (QED) is 0.842. The molecular weight excluding hydrogens is 254 g/mol. The highest BCUT2D eigenvalue weighted by molar-refractivity contribution is 5.70. The average molecular weight is 271 g/mol. The summed E-state index contributed by atoms with van der Waals surface area (Å²) in [6, 6.07) is 17.0. The van der Waals surface area contributed by atoms with Crippen LogP contribution in [0.3, 0.4) is 0 Å². The number of para-hydroxylation sites is 1. The first kappa shape index (κ1) is 13.9. The van der Waals surface area contributed by atoms with Crippen LogP contribution in [0.15, 0.2) is 54.6 Å². The highest BCUT2D eigenvalue weighted by atomic mass is 16.5. The molecule has 0 aromatic heterocycles. The molecule has 0 spiro atoms. The number of carboxylic acids is 1. The van der Waals surface area contributed by atoms with Gasteiger partial charge in [0.25, 0.3) is 0 Å². The second kappa shape index (κ2) is 6.61. The summed E-state index contributed by atoms with van der Waals surface area (Å²) in [6.07, 6.45) is 0. The van der Waals surface area contributed by atoms with Crippen LogP contribution in [0.2, 0.25) is 0 Å². The minimum atomic E-state index is -0.804. The number of nitrogens with one attached hydrogen (secondary N) is 1. The van der Waals surface area contributed by atoms with E-state index in [1.165, 1.54) is 0 Å². The molecule has 104 valence electrons. The lowest BCUT2D eigenvalue weighted by Crippen LogP contribution is -2.19. The fourth-order valence-electron chi connectivity index (χ4n) is 1.62. The molecule has 1 atom stereocenters. The largest absolute Gasteiger partial charge is 0.481 e. The number of carbonyl (C=O) groups is 1. The van der Waals surface area contributed by atoms with E-state index in [1.807, 2.05) is 54.6 Å². The number of ether oxygens (including phenoxy) is 1. The molecule has 20 heavy (non-hydrogen) atoms. The molecule has 2 rings (SSSR count). The fourth-order valence-corrected chi connectivity index (χ4v) is 1.62. The van der Waals surface area contributed by atoms with E-state index in [-0.39, 0.29) is 0 Å². The first-order valence-electron chi connectivity index (χ1n) is 6.45. The van der Waals surface area contributed by atoms with E-state index >= 15 is 0 Å². The minimum absolute atomic E-state index is 0.397. The molecular formula is C16H17NO3. The number of hydrogen-bond donors (Lipinski definition) is 2. The van der Waals surface area contributed by atoms with E-state index in [0.29, 0.717) is 6.54 Å². The van der Waals surface area contributed by atoms with Gasteiger partial charge in [0, 0.05) is 12.2 Å². The Labute approximate surface area is 118 Å². The van der Waals surface area contributed by atoms with Crippen LogP contribution >= 0.6 is 0 Å². The van der Waals surface area contributed by atoms with Crippen molar-refractivity contribution in [1.29, 1.82) is 0 Å². The van der Waals surface area contributed by atoms with Crippen molar-refractivity contribution in [3.63, 3.8) is 0 Å². The number of rotatable bonds is 6. The zero-order valence-corrected chi connectivity index (χ0v) is 11.2. The minimum Gasteiger partial charge on any atom is -0.481 e. The van der Waals surface area contributed by atoms with E-state index in [4.69, 9.17) is 9.84 Å². The summed E-state index contributed by atoms with van der Waals surface area (Å²) in [7, 11) is 0. The summed E-state index contributed by atoms with van der Waals surface area (Å²) in [4.78, 5) is 10.7. The van der Waals surface area contributed by atoms with Crippen LogP contribution in [-0.2, 0) is 4.79 Å². The average Bonchev–Trinajstić information content (AvgIpc) is 2.47. The van der Waals surface area contributed by atoms with E-state index < -0.39 is 11.9 Å². The normalized spacial score (nSPS) is 11.7. The van der Waals surface area contributed by atoms with E-state index in [0.717, 1.165) is 17.2 Å². The van der Waals surface area contributed by atoms with Gasteiger partial charge >= 0.3 is 5.97 Å². The topological polar surface area (TPSA) is 58.6 Å². The molecule has 0 bridgehead atoms. The summed E-state index contributed by atoms with van der Waals surface area (Å²) in [6.45, 7) is 2.07. The summed E-state index contributed by atoms with van der Waals surface area (Å²) < 4.78 is 5.68. The molecule has 0 aliphatic carbocycles. The molecule has 0 heterocycles. The Balaban J connectivity index is 1.91. The number of aliphatic carboxylic acids is 1. The Morgan fingerprint density at radius 3 is 2.30 bits per heavy atom. The highest BCUT2D eigenvalue weighted by Gasteiger charge is 2.09. The zero-order chi connectivity index (χ0) is 14.4. The van der Waals surface area contributed by atoms with Gasteiger partial charge < -0.3 is 15.2 Å². The molecule has 4 heteroatoms. The molecule has 0 aliphatic rings. The van der Waals surface area contributed by atoms with Crippen LogP contribution in [0.4, 0.5) is 5.69 Å². The van der Waals surface area contributed by atoms with Crippen LogP contribution in [-0.4, -0.2) is 17.6 Å². The lowest BCUT2D eigenvalue weighted by atomic mass is 10.2. The van der Waals surface area contributed by atoms with Gasteiger partial charge in [-0.2, -0.15) is 0 Å². The highest BCUT2D eigenvalue weighted by Crippen LogP contribution is 2.22. The fraction of sp³-hybridized carbons (Fsp3) is 0.188. The Bertz CT molecular complexity index is 552. The number of anilines is 1. The van der Waals surface area contributed by atoms with Crippen LogP contribution < -0.4 is 10.1 Å². The predicted molar refractivity (Wildman–Crippen MR) is 78.2 cm³/mol. The maximum absolute atomic E-state index is 10.7. The predicted octanol–water partition coefficient (Wildman–Crippen LogP) is 3.61. The molecule has 2 N–H and O–H groups in total. The number of carboxylic acid groups (broad SMARTS) is 1. The molecule has 0 saturated carbocycles. The van der Waals surface area contributed by atoms with E-state index in [2.05, 4.69) is 5.32 Å². The maximum atomic E-state index is 10.7. The van der Waals surface area contributed by atoms with Gasteiger partial charge in [0.2, 0.25) is 0 Å². The van der Waals surface area contributed by atoms with E-state index in [9.17, 15) is 4.79 Å². The van der Waals surface area contributed by atoms with Gasteiger partial charge in [-0.05, 0) is 36.4 Å². The van der Waals surface area contributed by atoms with Crippen molar-refractivity contribution < 1.29 is 14.6 Å². The standard InChI is InChI=1S/C16H17NO3/c1-12(16(18)19)11-17-13-7-9-15(10-8-13)20-14-5-3-2-4-6-14/h2-10,12,17H,11H2,1H3,(H,18,19). The second-order valence-corrected chi connectivity index (χ2v) is 4.56. The van der Waals surface area contributed by atoms with Gasteiger partial charge in [-0.25, -0.2) is 0 Å². The van der Waals surface area contributed by atoms with Crippen LogP contribution in [0.5, 0.6) is 11.5 Å². The first-order chi connectivity index (χ1) is 9.65.